The normalized spacial score (nSPS) is 11.8. The molecule has 0 aromatic rings. The van der Waals surface area contributed by atoms with Crippen LogP contribution in [0.25, 0.3) is 0 Å². The van der Waals surface area contributed by atoms with E-state index in [1.165, 1.54) is 0 Å². The first-order valence-corrected chi connectivity index (χ1v) is 2.55. The van der Waals surface area contributed by atoms with E-state index in [1.54, 1.807) is 7.05 Å². The Bertz CT molecular complexity index is 85.7. The van der Waals surface area contributed by atoms with Crippen LogP contribution in [0.4, 0.5) is 0 Å². The molecule has 0 atom stereocenters. The number of aliphatic imine (C=N–C) groups is 1. The molecule has 0 radical (unpaired) electrons. The van der Waals surface area contributed by atoms with Gasteiger partial charge < -0.3 is 10.6 Å². The number of amidine groups is 1. The summed E-state index contributed by atoms with van der Waals surface area (Å²) < 4.78 is 0. The number of likely N-dealkylation sites (N-methyl/N-ethyl adjacent to an activating group) is 1. The van der Waals surface area contributed by atoms with Crippen LogP contribution in [0.3, 0.4) is 0 Å². The molecule has 0 bridgehead atoms. The van der Waals surface area contributed by atoms with E-state index in [4.69, 9.17) is 5.73 Å². The Morgan fingerprint density at radius 2 is 2.12 bits per heavy atom. The standard InChI is InChI=1S/C5H13N3/c1-7-5(4-6)8(2)3/h4,6H2,1-3H3. The van der Waals surface area contributed by atoms with Crippen molar-refractivity contribution in [1.82, 2.24) is 4.90 Å². The van der Waals surface area contributed by atoms with Crippen molar-refractivity contribution in [3.8, 4) is 0 Å². The Balaban J connectivity index is 3.72. The molecule has 48 valence electrons. The minimum Gasteiger partial charge on any atom is -0.365 e. The summed E-state index contributed by atoms with van der Waals surface area (Å²) in [5.74, 6) is 0.921. The van der Waals surface area contributed by atoms with Crippen molar-refractivity contribution in [2.75, 3.05) is 27.7 Å². The van der Waals surface area contributed by atoms with Crippen molar-refractivity contribution < 1.29 is 0 Å². The van der Waals surface area contributed by atoms with E-state index >= 15 is 0 Å². The van der Waals surface area contributed by atoms with Gasteiger partial charge in [-0.3, -0.25) is 4.99 Å². The SMILES string of the molecule is CN=C(CN)N(C)C. The van der Waals surface area contributed by atoms with E-state index < -0.39 is 0 Å². The Morgan fingerprint density at radius 1 is 1.62 bits per heavy atom. The molecular weight excluding hydrogens is 102 g/mol. The van der Waals surface area contributed by atoms with Gasteiger partial charge in [-0.1, -0.05) is 0 Å². The van der Waals surface area contributed by atoms with E-state index in [1.807, 2.05) is 19.0 Å². The lowest BCUT2D eigenvalue weighted by atomic mass is 10.5. The molecule has 0 spiro atoms. The highest BCUT2D eigenvalue weighted by Crippen LogP contribution is 1.76. The van der Waals surface area contributed by atoms with Crippen molar-refractivity contribution in [1.29, 1.82) is 0 Å². The molecule has 0 fully saturated rings. The van der Waals surface area contributed by atoms with Gasteiger partial charge in [0.05, 0.1) is 6.54 Å². The fourth-order valence-electron chi connectivity index (χ4n) is 0.474. The smallest absolute Gasteiger partial charge is 0.112 e. The number of nitrogens with zero attached hydrogens (tertiary/aromatic N) is 2. The van der Waals surface area contributed by atoms with Crippen LogP contribution in [0.2, 0.25) is 0 Å². The zero-order valence-electron chi connectivity index (χ0n) is 5.68. The average molecular weight is 115 g/mol. The molecule has 0 aliphatic carbocycles. The minimum absolute atomic E-state index is 0.517. The molecule has 3 heteroatoms. The monoisotopic (exact) mass is 115 g/mol. The second kappa shape index (κ2) is 3.43. The lowest BCUT2D eigenvalue weighted by molar-refractivity contribution is 0.610. The molecule has 0 unspecified atom stereocenters. The first kappa shape index (κ1) is 7.43. The minimum atomic E-state index is 0.517. The second-order valence-corrected chi connectivity index (χ2v) is 1.74. The molecule has 0 aromatic carbocycles. The van der Waals surface area contributed by atoms with Crippen molar-refractivity contribution in [2.24, 2.45) is 10.7 Å². The second-order valence-electron chi connectivity index (χ2n) is 1.74. The topological polar surface area (TPSA) is 41.6 Å². The molecule has 0 rings (SSSR count). The van der Waals surface area contributed by atoms with Gasteiger partial charge in [0.25, 0.3) is 0 Å². The first-order chi connectivity index (χ1) is 3.72. The largest absolute Gasteiger partial charge is 0.365 e. The van der Waals surface area contributed by atoms with Gasteiger partial charge >= 0.3 is 0 Å². The Labute approximate surface area is 50.2 Å². The van der Waals surface area contributed by atoms with E-state index in [9.17, 15) is 0 Å². The molecule has 2 N–H and O–H groups in total. The molecule has 0 aliphatic rings. The predicted octanol–water partition coefficient (Wildman–Crippen LogP) is -0.465. The molecule has 0 saturated heterocycles. The highest BCUT2D eigenvalue weighted by Gasteiger charge is 1.92. The van der Waals surface area contributed by atoms with E-state index in [0.29, 0.717) is 6.54 Å². The van der Waals surface area contributed by atoms with Crippen molar-refractivity contribution >= 4 is 5.84 Å². The van der Waals surface area contributed by atoms with E-state index in [2.05, 4.69) is 4.99 Å². The molecule has 0 heterocycles. The maximum atomic E-state index is 5.31. The highest BCUT2D eigenvalue weighted by atomic mass is 15.1. The van der Waals surface area contributed by atoms with Gasteiger partial charge in [-0.25, -0.2) is 0 Å². The molecule has 0 amide bonds. The lowest BCUT2D eigenvalue weighted by Gasteiger charge is -2.11. The number of hydrogen-bond acceptors (Lipinski definition) is 2. The third-order valence-electron chi connectivity index (χ3n) is 0.957. The van der Waals surface area contributed by atoms with Crippen molar-refractivity contribution in [2.45, 2.75) is 0 Å². The van der Waals surface area contributed by atoms with Crippen LogP contribution in [-0.4, -0.2) is 38.4 Å². The molecular formula is C5H13N3. The van der Waals surface area contributed by atoms with Crippen LogP contribution < -0.4 is 5.73 Å². The predicted molar refractivity (Wildman–Crippen MR) is 36.1 cm³/mol. The average Bonchev–Trinajstić information content (AvgIpc) is 1.69. The zero-order chi connectivity index (χ0) is 6.57. The van der Waals surface area contributed by atoms with Crippen LogP contribution in [0.1, 0.15) is 0 Å². The van der Waals surface area contributed by atoms with Crippen LogP contribution in [0.5, 0.6) is 0 Å². The van der Waals surface area contributed by atoms with Gasteiger partial charge in [0.1, 0.15) is 5.84 Å². The highest BCUT2D eigenvalue weighted by molar-refractivity contribution is 5.83. The maximum absolute atomic E-state index is 5.31. The summed E-state index contributed by atoms with van der Waals surface area (Å²) in [5.41, 5.74) is 5.31. The van der Waals surface area contributed by atoms with Gasteiger partial charge in [0.15, 0.2) is 0 Å². The fraction of sp³-hybridized carbons (Fsp3) is 0.800. The zero-order valence-corrected chi connectivity index (χ0v) is 5.68. The van der Waals surface area contributed by atoms with Crippen LogP contribution in [-0.2, 0) is 0 Å². The summed E-state index contributed by atoms with van der Waals surface area (Å²) in [5, 5.41) is 0. The molecule has 0 aromatic heterocycles. The van der Waals surface area contributed by atoms with Crippen LogP contribution >= 0.6 is 0 Å². The molecule has 8 heavy (non-hydrogen) atoms. The lowest BCUT2D eigenvalue weighted by Crippen LogP contribution is -2.29. The number of nitrogens with two attached hydrogens (primary N) is 1. The van der Waals surface area contributed by atoms with Crippen LogP contribution in [0, 0.1) is 0 Å². The summed E-state index contributed by atoms with van der Waals surface area (Å²) in [4.78, 5) is 5.83. The van der Waals surface area contributed by atoms with Gasteiger partial charge in [0.2, 0.25) is 0 Å². The van der Waals surface area contributed by atoms with E-state index in [-0.39, 0.29) is 0 Å². The third-order valence-corrected chi connectivity index (χ3v) is 0.957. The maximum Gasteiger partial charge on any atom is 0.112 e. The first-order valence-electron chi connectivity index (χ1n) is 2.55. The fourth-order valence-corrected chi connectivity index (χ4v) is 0.474. The summed E-state index contributed by atoms with van der Waals surface area (Å²) in [6.45, 7) is 0.517. The summed E-state index contributed by atoms with van der Waals surface area (Å²) in [6.07, 6.45) is 0. The van der Waals surface area contributed by atoms with Gasteiger partial charge in [-0.15, -0.1) is 0 Å². The Kier molecular flexibility index (Phi) is 3.19. The van der Waals surface area contributed by atoms with Crippen molar-refractivity contribution in [3.63, 3.8) is 0 Å². The molecule has 3 nitrogen and oxygen atoms in total. The number of hydrogen-bond donors (Lipinski definition) is 1. The van der Waals surface area contributed by atoms with E-state index in [0.717, 1.165) is 5.84 Å². The molecule has 0 saturated carbocycles. The van der Waals surface area contributed by atoms with Crippen LogP contribution in [0.15, 0.2) is 4.99 Å². The third kappa shape index (κ3) is 1.93. The quantitative estimate of drug-likeness (QED) is 0.371. The van der Waals surface area contributed by atoms with Gasteiger partial charge in [0, 0.05) is 21.1 Å². The van der Waals surface area contributed by atoms with Crippen molar-refractivity contribution in [3.05, 3.63) is 0 Å². The summed E-state index contributed by atoms with van der Waals surface area (Å²) in [7, 11) is 5.59. The summed E-state index contributed by atoms with van der Waals surface area (Å²) in [6, 6.07) is 0. The Morgan fingerprint density at radius 3 is 2.12 bits per heavy atom. The summed E-state index contributed by atoms with van der Waals surface area (Å²) >= 11 is 0. The van der Waals surface area contributed by atoms with Gasteiger partial charge in [-0.05, 0) is 0 Å². The van der Waals surface area contributed by atoms with Gasteiger partial charge in [-0.2, -0.15) is 0 Å². The number of rotatable bonds is 1. The Hall–Kier alpha value is -0.570. The molecule has 0 aliphatic heterocycles.